The van der Waals surface area contributed by atoms with Gasteiger partial charge in [-0.2, -0.15) is 0 Å². The molecule has 1 aliphatic heterocycles. The van der Waals surface area contributed by atoms with Crippen molar-refractivity contribution < 1.29 is 0 Å². The van der Waals surface area contributed by atoms with Crippen LogP contribution < -0.4 is 5.32 Å². The van der Waals surface area contributed by atoms with Crippen LogP contribution in [-0.4, -0.2) is 20.4 Å². The van der Waals surface area contributed by atoms with Crippen LogP contribution in [0.1, 0.15) is 116 Å². The van der Waals surface area contributed by atoms with E-state index in [9.17, 15) is 0 Å². The van der Waals surface area contributed by atoms with E-state index in [1.165, 1.54) is 116 Å². The average Bonchev–Trinajstić information content (AvgIpc) is 2.71. The van der Waals surface area contributed by atoms with Gasteiger partial charge in [0.1, 0.15) is 7.85 Å². The van der Waals surface area contributed by atoms with Crippen molar-refractivity contribution in [2.75, 3.05) is 6.54 Å². The lowest BCUT2D eigenvalue weighted by molar-refractivity contribution is 0.195. The Hall–Kier alpha value is 0.0249. The van der Waals surface area contributed by atoms with Crippen molar-refractivity contribution in [1.82, 2.24) is 5.32 Å². The molecule has 2 heteroatoms. The molecule has 1 heterocycles. The SMILES string of the molecule is B[C@@]12CCCCCCCCC(C1)C1C[C@](C)(CCCCCCCN1)C2. The lowest BCUT2D eigenvalue weighted by Gasteiger charge is -2.38. The van der Waals surface area contributed by atoms with Crippen LogP contribution in [0.4, 0.5) is 0 Å². The van der Waals surface area contributed by atoms with Gasteiger partial charge in [-0.25, -0.2) is 0 Å². The zero-order valence-electron chi connectivity index (χ0n) is 17.4. The summed E-state index contributed by atoms with van der Waals surface area (Å²) in [7, 11) is 2.67. The first-order chi connectivity index (χ1) is 12.1. The Bertz CT molecular complexity index is 362. The van der Waals surface area contributed by atoms with Gasteiger partial charge in [0, 0.05) is 6.04 Å². The number of hydrogen-bond acceptors (Lipinski definition) is 1. The minimum absolute atomic E-state index is 0.579. The van der Waals surface area contributed by atoms with Crippen molar-refractivity contribution >= 4 is 7.85 Å². The summed E-state index contributed by atoms with van der Waals surface area (Å²) in [5, 5.41) is 4.69. The van der Waals surface area contributed by atoms with E-state index in [-0.39, 0.29) is 0 Å². The van der Waals surface area contributed by atoms with Gasteiger partial charge >= 0.3 is 0 Å². The second kappa shape index (κ2) is 9.29. The highest BCUT2D eigenvalue weighted by atomic mass is 14.9. The molecule has 3 aliphatic rings. The molecule has 1 nitrogen and oxygen atoms in total. The molecule has 0 aromatic carbocycles. The summed E-state index contributed by atoms with van der Waals surface area (Å²) in [4.78, 5) is 0. The number of hydrogen-bond donors (Lipinski definition) is 1. The first kappa shape index (κ1) is 19.8. The van der Waals surface area contributed by atoms with Crippen LogP contribution >= 0.6 is 0 Å². The standard InChI is InChI=1S/C23H44BN/c1-22-14-10-6-4-8-12-16-25-21(18-22)20-13-9-5-2-3-7-11-15-23(24,17-20)19-22/h20-21,25H,2-19,24H2,1H3/t20?,21?,22-,23-/m0/s1. The summed E-state index contributed by atoms with van der Waals surface area (Å²) in [5.74, 6) is 0.936. The molecule has 1 N–H and O–H groups in total. The summed E-state index contributed by atoms with van der Waals surface area (Å²) in [6.07, 6.45) is 25.1. The van der Waals surface area contributed by atoms with Gasteiger partial charge in [-0.15, -0.1) is 0 Å². The van der Waals surface area contributed by atoms with Gasteiger partial charge in [0.25, 0.3) is 0 Å². The summed E-state index contributed by atoms with van der Waals surface area (Å²) < 4.78 is 0. The topological polar surface area (TPSA) is 12.0 Å². The van der Waals surface area contributed by atoms with Gasteiger partial charge in [0.2, 0.25) is 0 Å². The summed E-state index contributed by atoms with van der Waals surface area (Å²) in [6.45, 7) is 3.93. The molecule has 4 bridgehead atoms. The second-order valence-corrected chi connectivity index (χ2v) is 10.7. The maximum atomic E-state index is 4.09. The molecule has 4 atom stereocenters. The Balaban J connectivity index is 1.82. The molecule has 2 saturated carbocycles. The van der Waals surface area contributed by atoms with E-state index in [0.717, 1.165) is 12.0 Å². The molecule has 0 radical (unpaired) electrons. The zero-order chi connectivity index (χ0) is 17.6. The summed E-state index contributed by atoms with van der Waals surface area (Å²) in [5.41, 5.74) is 0.579. The minimum atomic E-state index is 0.579. The van der Waals surface area contributed by atoms with Gasteiger partial charge in [-0.3, -0.25) is 0 Å². The lowest BCUT2D eigenvalue weighted by Crippen LogP contribution is -2.39. The molecule has 2 aliphatic carbocycles. The molecule has 0 spiro atoms. The Morgan fingerprint density at radius 2 is 1.40 bits per heavy atom. The van der Waals surface area contributed by atoms with E-state index in [1.54, 1.807) is 0 Å². The largest absolute Gasteiger partial charge is 0.314 e. The molecular weight excluding hydrogens is 301 g/mol. The van der Waals surface area contributed by atoms with E-state index < -0.39 is 0 Å². The first-order valence-corrected chi connectivity index (χ1v) is 11.8. The van der Waals surface area contributed by atoms with Crippen LogP contribution in [0.2, 0.25) is 5.31 Å². The Morgan fingerprint density at radius 1 is 0.760 bits per heavy atom. The first-order valence-electron chi connectivity index (χ1n) is 11.8. The Kier molecular flexibility index (Phi) is 7.35. The lowest BCUT2D eigenvalue weighted by atomic mass is 9.55. The summed E-state index contributed by atoms with van der Waals surface area (Å²) >= 11 is 0. The van der Waals surface area contributed by atoms with Gasteiger partial charge in [0.05, 0.1) is 0 Å². The molecule has 3 fully saturated rings. The predicted octanol–water partition coefficient (Wildman–Crippen LogP) is 6.03. The number of nitrogens with one attached hydrogen (secondary N) is 1. The van der Waals surface area contributed by atoms with Gasteiger partial charge < -0.3 is 5.32 Å². The van der Waals surface area contributed by atoms with Crippen molar-refractivity contribution in [1.29, 1.82) is 0 Å². The summed E-state index contributed by atoms with van der Waals surface area (Å²) in [6, 6.07) is 0.797. The molecule has 0 aromatic heterocycles. The predicted molar refractivity (Wildman–Crippen MR) is 113 cm³/mol. The van der Waals surface area contributed by atoms with Crippen LogP contribution in [0, 0.1) is 11.3 Å². The zero-order valence-corrected chi connectivity index (χ0v) is 17.4. The smallest absolute Gasteiger partial charge is 0.109 e. The van der Waals surface area contributed by atoms with Crippen LogP contribution in [0.15, 0.2) is 0 Å². The molecule has 3 rings (SSSR count). The number of fused-ring (bicyclic) bond motifs is 5. The normalized spacial score (nSPS) is 42.4. The molecule has 25 heavy (non-hydrogen) atoms. The average molecular weight is 345 g/mol. The monoisotopic (exact) mass is 345 g/mol. The van der Waals surface area contributed by atoms with E-state index in [1.807, 2.05) is 0 Å². The highest BCUT2D eigenvalue weighted by Crippen LogP contribution is 2.54. The maximum absolute atomic E-state index is 4.09. The van der Waals surface area contributed by atoms with Gasteiger partial charge in [0.15, 0.2) is 0 Å². The van der Waals surface area contributed by atoms with Crippen LogP contribution in [0.3, 0.4) is 0 Å². The van der Waals surface area contributed by atoms with Crippen LogP contribution in [0.25, 0.3) is 0 Å². The van der Waals surface area contributed by atoms with Crippen LogP contribution in [0.5, 0.6) is 0 Å². The molecule has 144 valence electrons. The third-order valence-corrected chi connectivity index (χ3v) is 7.86. The molecule has 0 amide bonds. The van der Waals surface area contributed by atoms with Crippen molar-refractivity contribution in [3.63, 3.8) is 0 Å². The van der Waals surface area contributed by atoms with Crippen molar-refractivity contribution in [3.05, 3.63) is 0 Å². The Labute approximate surface area is 158 Å². The third kappa shape index (κ3) is 6.01. The quantitative estimate of drug-likeness (QED) is 0.528. The molecule has 1 saturated heterocycles. The highest BCUT2D eigenvalue weighted by Gasteiger charge is 2.43. The van der Waals surface area contributed by atoms with Crippen molar-refractivity contribution in [3.8, 4) is 0 Å². The fourth-order valence-corrected chi connectivity index (χ4v) is 6.73. The minimum Gasteiger partial charge on any atom is -0.314 e. The third-order valence-electron chi connectivity index (χ3n) is 7.86. The molecular formula is C23H44BN. The van der Waals surface area contributed by atoms with Gasteiger partial charge in [-0.05, 0) is 50.0 Å². The molecule has 2 unspecified atom stereocenters. The highest BCUT2D eigenvalue weighted by molar-refractivity contribution is 6.15. The fraction of sp³-hybridized carbons (Fsp3) is 1.00. The van der Waals surface area contributed by atoms with E-state index in [0.29, 0.717) is 10.7 Å². The second-order valence-electron chi connectivity index (χ2n) is 10.7. The Morgan fingerprint density at radius 3 is 2.20 bits per heavy atom. The van der Waals surface area contributed by atoms with Gasteiger partial charge in [-0.1, -0.05) is 89.3 Å². The number of rotatable bonds is 0. The maximum Gasteiger partial charge on any atom is 0.109 e. The molecule has 0 aromatic rings. The van der Waals surface area contributed by atoms with E-state index in [2.05, 4.69) is 20.1 Å². The van der Waals surface area contributed by atoms with E-state index >= 15 is 0 Å². The van der Waals surface area contributed by atoms with Crippen LogP contribution in [-0.2, 0) is 0 Å². The van der Waals surface area contributed by atoms with Crippen molar-refractivity contribution in [2.24, 2.45) is 11.3 Å². The van der Waals surface area contributed by atoms with E-state index in [4.69, 9.17) is 0 Å². The fourth-order valence-electron chi connectivity index (χ4n) is 6.73. The van der Waals surface area contributed by atoms with Crippen molar-refractivity contribution in [2.45, 2.75) is 127 Å².